The third-order valence-corrected chi connectivity index (χ3v) is 5.62. The summed E-state index contributed by atoms with van der Waals surface area (Å²) in [7, 11) is -3.61. The lowest BCUT2D eigenvalue weighted by Crippen LogP contribution is -2.14. The number of nitrogens with zero attached hydrogens (tertiary/aromatic N) is 1. The van der Waals surface area contributed by atoms with Crippen LogP contribution in [0, 0.1) is 0 Å². The molecule has 0 aromatic heterocycles. The minimum Gasteiger partial charge on any atom is -0.309 e. The van der Waals surface area contributed by atoms with Crippen molar-refractivity contribution in [2.75, 3.05) is 11.3 Å². The summed E-state index contributed by atoms with van der Waals surface area (Å²) in [6.45, 7) is 2.62. The van der Waals surface area contributed by atoms with E-state index < -0.39 is 10.0 Å². The molecular formula is C22H23N3O2S. The van der Waals surface area contributed by atoms with Crippen molar-refractivity contribution >= 4 is 21.4 Å². The fourth-order valence-electron chi connectivity index (χ4n) is 2.68. The third-order valence-electron chi connectivity index (χ3n) is 4.22. The van der Waals surface area contributed by atoms with Crippen LogP contribution in [-0.4, -0.2) is 20.7 Å². The zero-order valence-electron chi connectivity index (χ0n) is 15.7. The molecule has 3 aromatic carbocycles. The van der Waals surface area contributed by atoms with E-state index in [1.165, 1.54) is 5.56 Å². The zero-order valence-corrected chi connectivity index (χ0v) is 16.5. The van der Waals surface area contributed by atoms with E-state index in [4.69, 9.17) is 0 Å². The normalized spacial score (nSPS) is 11.8. The molecule has 3 aromatic rings. The van der Waals surface area contributed by atoms with Crippen LogP contribution >= 0.6 is 0 Å². The first-order valence-corrected chi connectivity index (χ1v) is 10.5. The van der Waals surface area contributed by atoms with Gasteiger partial charge in [-0.05, 0) is 48.7 Å². The standard InChI is InChI=1S/C22H23N3O2S/c1-18(24-23-17-16-19-8-4-2-5-9-19)20-12-14-22(15-13-20)28(26,27)25-21-10-6-3-7-11-21/h2-15,23,25H,16-17H2,1H3. The highest BCUT2D eigenvalue weighted by molar-refractivity contribution is 7.92. The number of benzene rings is 3. The van der Waals surface area contributed by atoms with Gasteiger partial charge in [-0.1, -0.05) is 60.7 Å². The van der Waals surface area contributed by atoms with E-state index in [9.17, 15) is 8.42 Å². The van der Waals surface area contributed by atoms with Crippen molar-refractivity contribution < 1.29 is 8.42 Å². The summed E-state index contributed by atoms with van der Waals surface area (Å²) in [5.74, 6) is 0. The third kappa shape index (κ3) is 5.44. The van der Waals surface area contributed by atoms with E-state index in [-0.39, 0.29) is 4.90 Å². The molecule has 3 rings (SSSR count). The molecule has 144 valence electrons. The number of sulfonamides is 1. The summed E-state index contributed by atoms with van der Waals surface area (Å²) < 4.78 is 27.5. The van der Waals surface area contributed by atoms with Crippen LogP contribution in [0.25, 0.3) is 0 Å². The second-order valence-corrected chi connectivity index (χ2v) is 8.02. The molecule has 28 heavy (non-hydrogen) atoms. The smallest absolute Gasteiger partial charge is 0.261 e. The summed E-state index contributed by atoms with van der Waals surface area (Å²) in [5, 5.41) is 4.37. The van der Waals surface area contributed by atoms with Crippen LogP contribution in [0.2, 0.25) is 0 Å². The molecule has 0 spiro atoms. The largest absolute Gasteiger partial charge is 0.309 e. The molecule has 0 aliphatic rings. The molecule has 0 saturated heterocycles. The molecule has 6 heteroatoms. The Kier molecular flexibility index (Phi) is 6.45. The molecule has 0 atom stereocenters. The lowest BCUT2D eigenvalue weighted by atomic mass is 10.1. The molecule has 0 heterocycles. The van der Waals surface area contributed by atoms with Crippen LogP contribution in [0.3, 0.4) is 0 Å². The number of hydrazone groups is 1. The van der Waals surface area contributed by atoms with Gasteiger partial charge in [0.1, 0.15) is 0 Å². The van der Waals surface area contributed by atoms with Crippen LogP contribution in [0.5, 0.6) is 0 Å². The van der Waals surface area contributed by atoms with Crippen molar-refractivity contribution in [3.8, 4) is 0 Å². The zero-order chi connectivity index (χ0) is 19.8. The van der Waals surface area contributed by atoms with E-state index in [1.54, 1.807) is 48.5 Å². The number of nitrogens with one attached hydrogen (secondary N) is 2. The van der Waals surface area contributed by atoms with Crippen molar-refractivity contribution in [1.29, 1.82) is 0 Å². The Balaban J connectivity index is 1.59. The van der Waals surface area contributed by atoms with Crippen molar-refractivity contribution in [3.63, 3.8) is 0 Å². The number of anilines is 1. The minimum absolute atomic E-state index is 0.213. The van der Waals surface area contributed by atoms with Gasteiger partial charge in [-0.15, -0.1) is 0 Å². The summed E-state index contributed by atoms with van der Waals surface area (Å²) in [6, 6.07) is 25.7. The van der Waals surface area contributed by atoms with Gasteiger partial charge in [0.25, 0.3) is 10.0 Å². The molecule has 5 nitrogen and oxygen atoms in total. The number of rotatable bonds is 8. The lowest BCUT2D eigenvalue weighted by molar-refractivity contribution is 0.601. The molecular weight excluding hydrogens is 370 g/mol. The molecule has 0 aliphatic heterocycles. The second kappa shape index (κ2) is 9.19. The number of hydrogen-bond donors (Lipinski definition) is 2. The predicted molar refractivity (Wildman–Crippen MR) is 114 cm³/mol. The van der Waals surface area contributed by atoms with E-state index in [0.29, 0.717) is 5.69 Å². The maximum absolute atomic E-state index is 12.5. The molecule has 0 amide bonds. The fraction of sp³-hybridized carbons (Fsp3) is 0.136. The Morgan fingerprint density at radius 2 is 1.46 bits per heavy atom. The van der Waals surface area contributed by atoms with Gasteiger partial charge in [-0.2, -0.15) is 5.10 Å². The average Bonchev–Trinajstić information content (AvgIpc) is 2.72. The van der Waals surface area contributed by atoms with Crippen molar-refractivity contribution in [2.24, 2.45) is 5.10 Å². The van der Waals surface area contributed by atoms with Crippen LogP contribution in [0.1, 0.15) is 18.1 Å². The maximum Gasteiger partial charge on any atom is 0.261 e. The highest BCUT2D eigenvalue weighted by Gasteiger charge is 2.14. The molecule has 2 N–H and O–H groups in total. The Bertz CT molecular complexity index is 1020. The Morgan fingerprint density at radius 3 is 2.11 bits per heavy atom. The summed E-state index contributed by atoms with van der Waals surface area (Å²) >= 11 is 0. The highest BCUT2D eigenvalue weighted by Crippen LogP contribution is 2.16. The van der Waals surface area contributed by atoms with Gasteiger partial charge in [-0.25, -0.2) is 8.42 Å². The first-order valence-electron chi connectivity index (χ1n) is 9.04. The van der Waals surface area contributed by atoms with E-state index in [0.717, 1.165) is 24.2 Å². The van der Waals surface area contributed by atoms with Crippen LogP contribution in [0.4, 0.5) is 5.69 Å². The summed E-state index contributed by atoms with van der Waals surface area (Å²) in [5.41, 5.74) is 6.52. The molecule has 0 bridgehead atoms. The monoisotopic (exact) mass is 393 g/mol. The van der Waals surface area contributed by atoms with Crippen LogP contribution < -0.4 is 10.1 Å². The van der Waals surface area contributed by atoms with Crippen molar-refractivity contribution in [2.45, 2.75) is 18.2 Å². The van der Waals surface area contributed by atoms with Crippen LogP contribution in [-0.2, 0) is 16.4 Å². The quantitative estimate of drug-likeness (QED) is 0.345. The molecule has 0 aliphatic carbocycles. The highest BCUT2D eigenvalue weighted by atomic mass is 32.2. The van der Waals surface area contributed by atoms with Gasteiger partial charge >= 0.3 is 0 Å². The van der Waals surface area contributed by atoms with Crippen molar-refractivity contribution in [1.82, 2.24) is 5.43 Å². The lowest BCUT2D eigenvalue weighted by Gasteiger charge is -2.09. The first kappa shape index (κ1) is 19.6. The van der Waals surface area contributed by atoms with Gasteiger partial charge in [0.05, 0.1) is 10.6 Å². The van der Waals surface area contributed by atoms with Gasteiger partial charge in [0, 0.05) is 12.2 Å². The molecule has 0 saturated carbocycles. The Hall–Kier alpha value is -3.12. The van der Waals surface area contributed by atoms with Crippen molar-refractivity contribution in [3.05, 3.63) is 96.1 Å². The maximum atomic E-state index is 12.5. The van der Waals surface area contributed by atoms with Gasteiger partial charge in [0.15, 0.2) is 0 Å². The van der Waals surface area contributed by atoms with E-state index in [2.05, 4.69) is 27.4 Å². The van der Waals surface area contributed by atoms with E-state index in [1.807, 2.05) is 31.2 Å². The molecule has 0 radical (unpaired) electrons. The predicted octanol–water partition coefficient (Wildman–Crippen LogP) is 4.04. The Morgan fingerprint density at radius 1 is 0.857 bits per heavy atom. The topological polar surface area (TPSA) is 70.6 Å². The summed E-state index contributed by atoms with van der Waals surface area (Å²) in [6.07, 6.45) is 0.889. The average molecular weight is 394 g/mol. The summed E-state index contributed by atoms with van der Waals surface area (Å²) in [4.78, 5) is 0.213. The molecule has 0 fully saturated rings. The Labute approximate surface area is 166 Å². The molecule has 0 unspecified atom stereocenters. The number of hydrogen-bond acceptors (Lipinski definition) is 4. The number of para-hydroxylation sites is 1. The van der Waals surface area contributed by atoms with E-state index >= 15 is 0 Å². The van der Waals surface area contributed by atoms with Gasteiger partial charge < -0.3 is 5.43 Å². The first-order chi connectivity index (χ1) is 13.5. The van der Waals surface area contributed by atoms with Crippen LogP contribution in [0.15, 0.2) is 94.9 Å². The fourth-order valence-corrected chi connectivity index (χ4v) is 3.74. The SMILES string of the molecule is CC(=NNCCc1ccccc1)c1ccc(S(=O)(=O)Nc2ccccc2)cc1. The van der Waals surface area contributed by atoms with Gasteiger partial charge in [-0.3, -0.25) is 4.72 Å². The second-order valence-electron chi connectivity index (χ2n) is 6.34. The minimum atomic E-state index is -3.61. The van der Waals surface area contributed by atoms with Gasteiger partial charge in [0.2, 0.25) is 0 Å².